The van der Waals surface area contributed by atoms with E-state index < -0.39 is 53.4 Å². The predicted octanol–water partition coefficient (Wildman–Crippen LogP) is 7.14. The first-order valence-electron chi connectivity index (χ1n) is 15.9. The Morgan fingerprint density at radius 3 is 2.00 bits per heavy atom. The highest BCUT2D eigenvalue weighted by atomic mass is 35.5. The Labute approximate surface area is 351 Å². The van der Waals surface area contributed by atoms with Crippen LogP contribution in [-0.2, 0) is 53.3 Å². The smallest absolute Gasteiger partial charge is 0.397 e. The van der Waals surface area contributed by atoms with E-state index in [4.69, 9.17) is 26.7 Å². The fourth-order valence-corrected chi connectivity index (χ4v) is 8.82. The van der Waals surface area contributed by atoms with Gasteiger partial charge >= 0.3 is 10.4 Å². The molecule has 7 N–H and O–H groups in total. The van der Waals surface area contributed by atoms with Gasteiger partial charge in [0.05, 0.1) is 46.2 Å². The topological polar surface area (TPSA) is 337 Å². The Balaban J connectivity index is 1.26. The molecule has 60 heavy (non-hydrogen) atoms. The first-order valence-corrected chi connectivity index (χ1v) is 22.2. The number of fused-ring (bicyclic) bond motifs is 2. The molecule has 5 aromatic carbocycles. The third-order valence-corrected chi connectivity index (χ3v) is 12.3. The van der Waals surface area contributed by atoms with Crippen molar-refractivity contribution in [3.05, 3.63) is 84.1 Å². The van der Waals surface area contributed by atoms with Gasteiger partial charge < -0.3 is 15.7 Å². The third kappa shape index (κ3) is 11.1. The number of rotatable bonds is 18. The number of sulfone groups is 1. The number of nitrogens with zero attached hydrogens (tertiary/aromatic N) is 5. The lowest BCUT2D eigenvalue weighted by Crippen LogP contribution is -2.15. The maximum Gasteiger partial charge on any atom is 0.397 e. The van der Waals surface area contributed by atoms with Crippen LogP contribution in [0.2, 0.25) is 5.28 Å². The van der Waals surface area contributed by atoms with Crippen LogP contribution in [0.5, 0.6) is 5.75 Å². The highest BCUT2D eigenvalue weighted by Crippen LogP contribution is 2.45. The van der Waals surface area contributed by atoms with Gasteiger partial charge in [-0.25, -0.2) is 23.1 Å². The average molecular weight is 946 g/mol. The normalized spacial score (nSPS) is 12.4. The van der Waals surface area contributed by atoms with Crippen LogP contribution < -0.4 is 10.6 Å². The first kappa shape index (κ1) is 44.7. The molecule has 1 heterocycles. The van der Waals surface area contributed by atoms with Crippen LogP contribution in [0.15, 0.2) is 109 Å². The highest BCUT2D eigenvalue weighted by Gasteiger charge is 2.23. The monoisotopic (exact) mass is 945 g/mol. The molecule has 0 spiro atoms. The van der Waals surface area contributed by atoms with E-state index in [2.05, 4.69) is 58.7 Å². The average Bonchev–Trinajstić information content (AvgIpc) is 3.17. The van der Waals surface area contributed by atoms with E-state index in [9.17, 15) is 34.9 Å². The van der Waals surface area contributed by atoms with Crippen LogP contribution in [0.4, 0.5) is 34.6 Å². The molecule has 316 valence electrons. The molecule has 0 amide bonds. The molecule has 0 saturated carbocycles. The van der Waals surface area contributed by atoms with Crippen molar-refractivity contribution in [1.29, 1.82) is 0 Å². The molecule has 0 atom stereocenters. The molecule has 29 heteroatoms. The van der Waals surface area contributed by atoms with Gasteiger partial charge in [-0.1, -0.05) is 28.3 Å². The Bertz CT molecular complexity index is 2950. The van der Waals surface area contributed by atoms with Gasteiger partial charge in [0, 0.05) is 27.0 Å². The van der Waals surface area contributed by atoms with Gasteiger partial charge in [0.2, 0.25) is 17.2 Å². The summed E-state index contributed by atoms with van der Waals surface area (Å²) in [4.78, 5) is 11.9. The minimum Gasteiger partial charge on any atom is -0.505 e. The lowest BCUT2D eigenvalue weighted by Gasteiger charge is -2.12. The summed E-state index contributed by atoms with van der Waals surface area (Å²) in [6.07, 6.45) is 0. The number of phenolic OH excluding ortho intramolecular Hbond substituents is 1. The molecule has 0 fully saturated rings. The van der Waals surface area contributed by atoms with Gasteiger partial charge in [-0.3, -0.25) is 9.11 Å². The predicted molar refractivity (Wildman–Crippen MR) is 212 cm³/mol. The number of phenols is 1. The molecular formula is C31H24ClN7O16S5. The van der Waals surface area contributed by atoms with Gasteiger partial charge in [0.25, 0.3) is 10.1 Å². The quantitative estimate of drug-likeness (QED) is 0.0148. The number of anilines is 4. The van der Waals surface area contributed by atoms with Crippen molar-refractivity contribution >= 4 is 122 Å². The minimum atomic E-state index is -4.94. The summed E-state index contributed by atoms with van der Waals surface area (Å²) in [6, 6.07) is 18.3. The molecule has 0 aliphatic rings. The third-order valence-electron chi connectivity index (χ3n) is 7.74. The van der Waals surface area contributed by atoms with Gasteiger partial charge in [-0.2, -0.15) is 31.8 Å². The zero-order valence-electron chi connectivity index (χ0n) is 29.3. The van der Waals surface area contributed by atoms with Crippen molar-refractivity contribution in [3.63, 3.8) is 0 Å². The number of halogens is 1. The minimum absolute atomic E-state index is 0.00364. The molecule has 0 bridgehead atoms. The Morgan fingerprint density at radius 1 is 0.717 bits per heavy atom. The number of hydrogen-bond acceptors (Lipinski definition) is 23. The van der Waals surface area contributed by atoms with Crippen molar-refractivity contribution in [2.24, 2.45) is 10.2 Å². The van der Waals surface area contributed by atoms with Crippen molar-refractivity contribution < 1.29 is 72.9 Å². The molecule has 0 aliphatic heterocycles. The standard InChI is InChI=1S/C31H24ClN7O16S5/c32-29-35-30(33-17-4-7-19(8-5-17)58(43,44)13-12-51-60(48,49)50)37-31(36-29)34-18-6-9-20-16(14-18)15-25(57-55-53-42)26(27(20)40)39-38-23-11-10-21-22(28(23)59(45,46)47)2-1-3-24(21)56-54-52-41/h1-11,14-15,40-42H,12-13H2,(H,45,46,47)(H,48,49,50)(H2,33,34,35,36,37). The van der Waals surface area contributed by atoms with E-state index in [-0.39, 0.29) is 54.5 Å². The fourth-order valence-electron chi connectivity index (χ4n) is 5.34. The summed E-state index contributed by atoms with van der Waals surface area (Å²) in [5.41, 5.74) is 0.0844. The van der Waals surface area contributed by atoms with E-state index in [1.807, 2.05) is 0 Å². The van der Waals surface area contributed by atoms with E-state index >= 15 is 0 Å². The summed E-state index contributed by atoms with van der Waals surface area (Å²) in [5, 5.41) is 50.6. The summed E-state index contributed by atoms with van der Waals surface area (Å²) in [5.74, 6) is -1.31. The molecule has 0 unspecified atom stereocenters. The van der Waals surface area contributed by atoms with Gasteiger partial charge in [0.15, 0.2) is 15.6 Å². The molecular weight excluding hydrogens is 922 g/mol. The molecule has 0 saturated heterocycles. The lowest BCUT2D eigenvalue weighted by molar-refractivity contribution is -0.432. The number of benzene rings is 5. The van der Waals surface area contributed by atoms with Crippen LogP contribution in [0.3, 0.4) is 0 Å². The second kappa shape index (κ2) is 18.8. The van der Waals surface area contributed by atoms with Gasteiger partial charge in [-0.15, -0.1) is 18.9 Å². The van der Waals surface area contributed by atoms with E-state index in [1.54, 1.807) is 6.07 Å². The molecule has 1 aromatic heterocycles. The highest BCUT2D eigenvalue weighted by molar-refractivity contribution is 7.95. The second-order valence-electron chi connectivity index (χ2n) is 11.5. The SMILES string of the molecule is O=S(=O)(O)OCCS(=O)(=O)c1ccc(Nc2nc(Cl)nc(Nc3ccc4c(O)c(N=Nc5ccc6c(SOOO)cccc6c5S(=O)(=O)O)c(SOOO)cc4c3)n2)cc1. The van der Waals surface area contributed by atoms with Crippen molar-refractivity contribution in [3.8, 4) is 5.75 Å². The number of azo groups is 1. The van der Waals surface area contributed by atoms with Crippen molar-refractivity contribution in [2.45, 2.75) is 19.6 Å². The number of nitrogens with one attached hydrogen (secondary N) is 2. The van der Waals surface area contributed by atoms with E-state index in [1.165, 1.54) is 72.8 Å². The van der Waals surface area contributed by atoms with Crippen LogP contribution in [-0.4, -0.2) is 77.3 Å². The van der Waals surface area contributed by atoms with E-state index in [0.29, 0.717) is 45.7 Å². The molecule has 6 rings (SSSR count). The van der Waals surface area contributed by atoms with Gasteiger partial charge in [-0.05, 0) is 83.0 Å². The molecule has 0 aliphatic carbocycles. The maximum atomic E-state index is 12.6. The first-order chi connectivity index (χ1) is 28.5. The summed E-state index contributed by atoms with van der Waals surface area (Å²) in [7, 11) is -13.7. The number of hydrogen-bond donors (Lipinski definition) is 7. The Morgan fingerprint density at radius 2 is 1.35 bits per heavy atom. The maximum absolute atomic E-state index is 12.6. The molecule has 6 aromatic rings. The Hall–Kier alpha value is -4.89. The Kier molecular flexibility index (Phi) is 14.0. The lowest BCUT2D eigenvalue weighted by atomic mass is 10.1. The summed E-state index contributed by atoms with van der Waals surface area (Å²) in [6.45, 7) is -0.794. The van der Waals surface area contributed by atoms with E-state index in [0.717, 1.165) is 0 Å². The van der Waals surface area contributed by atoms with Crippen LogP contribution in [0.1, 0.15) is 0 Å². The fraction of sp³-hybridized carbons (Fsp3) is 0.0645. The van der Waals surface area contributed by atoms with Crippen LogP contribution >= 0.6 is 35.7 Å². The zero-order valence-corrected chi connectivity index (χ0v) is 34.1. The number of aromatic nitrogens is 3. The zero-order chi connectivity index (χ0) is 43.2. The largest absolute Gasteiger partial charge is 0.505 e. The molecule has 0 radical (unpaired) electrons. The number of aromatic hydroxyl groups is 1. The van der Waals surface area contributed by atoms with Crippen molar-refractivity contribution in [1.82, 2.24) is 15.0 Å². The molecule has 23 nitrogen and oxygen atoms in total. The summed E-state index contributed by atoms with van der Waals surface area (Å²) < 4.78 is 104. The van der Waals surface area contributed by atoms with Crippen LogP contribution in [0, 0.1) is 0 Å². The summed E-state index contributed by atoms with van der Waals surface area (Å²) >= 11 is 7.12. The van der Waals surface area contributed by atoms with Gasteiger partial charge in [0.1, 0.15) is 16.3 Å². The van der Waals surface area contributed by atoms with Crippen molar-refractivity contribution in [2.75, 3.05) is 23.0 Å². The second-order valence-corrected chi connectivity index (χ2v) is 17.9. The van der Waals surface area contributed by atoms with Crippen LogP contribution in [0.25, 0.3) is 21.5 Å².